The largest absolute Gasteiger partial charge is 0.415 e. The molecule has 4 rings (SSSR count). The molecule has 33 heavy (non-hydrogen) atoms. The van der Waals surface area contributed by atoms with Crippen LogP contribution in [0.3, 0.4) is 0 Å². The zero-order valence-electron chi connectivity index (χ0n) is 19.3. The predicted molar refractivity (Wildman–Crippen MR) is 130 cm³/mol. The lowest BCUT2D eigenvalue weighted by Crippen LogP contribution is -2.51. The third-order valence-electron chi connectivity index (χ3n) is 6.46. The van der Waals surface area contributed by atoms with Gasteiger partial charge in [-0.2, -0.15) is 0 Å². The molecule has 8 heteroatoms. The van der Waals surface area contributed by atoms with E-state index in [0.29, 0.717) is 43.4 Å². The second-order valence-electron chi connectivity index (χ2n) is 8.74. The van der Waals surface area contributed by atoms with E-state index in [4.69, 9.17) is 16.3 Å². The molecule has 0 radical (unpaired) electrons. The molecule has 2 aromatic rings. The predicted octanol–water partition coefficient (Wildman–Crippen LogP) is 3.29. The number of nitrogens with zero attached hydrogens (tertiary/aromatic N) is 4. The highest BCUT2D eigenvalue weighted by Gasteiger charge is 2.26. The molecule has 0 aliphatic carbocycles. The van der Waals surface area contributed by atoms with Crippen LogP contribution in [0.1, 0.15) is 11.1 Å². The summed E-state index contributed by atoms with van der Waals surface area (Å²) >= 11 is 6.42. The van der Waals surface area contributed by atoms with E-state index in [1.54, 1.807) is 17.0 Å². The number of ether oxygens (including phenoxy) is 1. The first-order chi connectivity index (χ1) is 15.9. The van der Waals surface area contributed by atoms with Crippen LogP contribution in [0.15, 0.2) is 42.5 Å². The van der Waals surface area contributed by atoms with Gasteiger partial charge >= 0.3 is 6.09 Å². The molecule has 0 unspecified atom stereocenters. The fourth-order valence-electron chi connectivity index (χ4n) is 4.23. The minimum Gasteiger partial charge on any atom is -0.410 e. The Labute approximate surface area is 200 Å². The Morgan fingerprint density at radius 2 is 1.58 bits per heavy atom. The Kier molecular flexibility index (Phi) is 7.40. The highest BCUT2D eigenvalue weighted by molar-refractivity contribution is 6.33. The summed E-state index contributed by atoms with van der Waals surface area (Å²) in [5.74, 6) is 0.572. The van der Waals surface area contributed by atoms with Crippen molar-refractivity contribution in [2.75, 3.05) is 64.3 Å². The van der Waals surface area contributed by atoms with Gasteiger partial charge in [-0.15, -0.1) is 0 Å². The Morgan fingerprint density at radius 1 is 0.909 bits per heavy atom. The number of aryl methyl sites for hydroxylation is 1. The van der Waals surface area contributed by atoms with Gasteiger partial charge in [-0.1, -0.05) is 35.9 Å². The molecule has 0 N–H and O–H groups in total. The van der Waals surface area contributed by atoms with E-state index in [-0.39, 0.29) is 5.91 Å². The Hall–Kier alpha value is -2.77. The molecule has 2 aliphatic rings. The molecule has 0 bridgehead atoms. The maximum atomic E-state index is 12.7. The van der Waals surface area contributed by atoms with Crippen molar-refractivity contribution in [3.63, 3.8) is 0 Å². The van der Waals surface area contributed by atoms with Crippen LogP contribution in [0, 0.1) is 6.92 Å². The summed E-state index contributed by atoms with van der Waals surface area (Å²) in [6.45, 7) is 7.63. The van der Waals surface area contributed by atoms with Crippen LogP contribution >= 0.6 is 11.6 Å². The number of piperazine rings is 2. The quantitative estimate of drug-likeness (QED) is 0.686. The maximum absolute atomic E-state index is 12.7. The normalized spacial score (nSPS) is 17.2. The molecule has 2 saturated heterocycles. The van der Waals surface area contributed by atoms with E-state index < -0.39 is 6.09 Å². The van der Waals surface area contributed by atoms with Crippen LogP contribution in [0.25, 0.3) is 0 Å². The van der Waals surface area contributed by atoms with E-state index >= 15 is 0 Å². The number of anilines is 1. The van der Waals surface area contributed by atoms with Gasteiger partial charge in [0.15, 0.2) is 0 Å². The summed E-state index contributed by atoms with van der Waals surface area (Å²) in [6.07, 6.45) is -0.00982. The molecule has 0 saturated carbocycles. The zero-order chi connectivity index (χ0) is 23.4. The molecule has 2 aliphatic heterocycles. The minimum atomic E-state index is -0.396. The number of amides is 2. The van der Waals surface area contributed by atoms with Crippen LogP contribution < -0.4 is 9.64 Å². The average molecular weight is 471 g/mol. The van der Waals surface area contributed by atoms with Gasteiger partial charge in [0, 0.05) is 58.4 Å². The smallest absolute Gasteiger partial charge is 0.410 e. The first kappa shape index (κ1) is 23.4. The van der Waals surface area contributed by atoms with Gasteiger partial charge in [0.05, 0.1) is 17.1 Å². The summed E-state index contributed by atoms with van der Waals surface area (Å²) < 4.78 is 5.66. The maximum Gasteiger partial charge on any atom is 0.415 e. The van der Waals surface area contributed by atoms with Crippen LogP contribution in [-0.2, 0) is 11.2 Å². The number of hydrogen-bond acceptors (Lipinski definition) is 5. The second-order valence-corrected chi connectivity index (χ2v) is 9.15. The topological polar surface area (TPSA) is 56.3 Å². The third-order valence-corrected chi connectivity index (χ3v) is 6.78. The molecule has 0 spiro atoms. The SMILES string of the molecule is Cc1ccccc1CC(=O)N1CCN(C(=O)Oc2ccc(Cl)c(N3CCN(C)CC3)c2)CC1. The van der Waals surface area contributed by atoms with Crippen molar-refractivity contribution >= 4 is 29.3 Å². The summed E-state index contributed by atoms with van der Waals surface area (Å²) in [7, 11) is 2.10. The highest BCUT2D eigenvalue weighted by Crippen LogP contribution is 2.31. The van der Waals surface area contributed by atoms with Crippen molar-refractivity contribution < 1.29 is 14.3 Å². The third kappa shape index (κ3) is 5.78. The zero-order valence-corrected chi connectivity index (χ0v) is 20.1. The molecule has 2 heterocycles. The lowest BCUT2D eigenvalue weighted by atomic mass is 10.1. The van der Waals surface area contributed by atoms with Crippen molar-refractivity contribution in [3.8, 4) is 5.75 Å². The van der Waals surface area contributed by atoms with Crippen molar-refractivity contribution in [2.45, 2.75) is 13.3 Å². The lowest BCUT2D eigenvalue weighted by molar-refractivity contribution is -0.132. The first-order valence-electron chi connectivity index (χ1n) is 11.4. The second kappa shape index (κ2) is 10.4. The molecule has 0 aromatic heterocycles. The van der Waals surface area contributed by atoms with Crippen LogP contribution in [-0.4, -0.2) is 86.1 Å². The van der Waals surface area contributed by atoms with Gasteiger partial charge in [0.25, 0.3) is 0 Å². The van der Waals surface area contributed by atoms with Crippen LogP contribution in [0.4, 0.5) is 10.5 Å². The van der Waals surface area contributed by atoms with Gasteiger partial charge in [-0.05, 0) is 37.2 Å². The highest BCUT2D eigenvalue weighted by atomic mass is 35.5. The molecular weight excluding hydrogens is 440 g/mol. The number of carbonyl (C=O) groups excluding carboxylic acids is 2. The molecule has 7 nitrogen and oxygen atoms in total. The molecule has 176 valence electrons. The first-order valence-corrected chi connectivity index (χ1v) is 11.8. The van der Waals surface area contributed by atoms with Gasteiger partial charge in [0.1, 0.15) is 5.75 Å². The van der Waals surface area contributed by atoms with Crippen molar-refractivity contribution in [2.24, 2.45) is 0 Å². The monoisotopic (exact) mass is 470 g/mol. The van der Waals surface area contributed by atoms with E-state index in [0.717, 1.165) is 43.0 Å². The van der Waals surface area contributed by atoms with E-state index in [9.17, 15) is 9.59 Å². The molecule has 0 atom stereocenters. The minimum absolute atomic E-state index is 0.0897. The number of rotatable bonds is 4. The van der Waals surface area contributed by atoms with Gasteiger partial charge in [0.2, 0.25) is 5.91 Å². The van der Waals surface area contributed by atoms with E-state index in [1.807, 2.05) is 42.2 Å². The van der Waals surface area contributed by atoms with Crippen molar-refractivity contribution in [3.05, 3.63) is 58.6 Å². The van der Waals surface area contributed by atoms with Crippen LogP contribution in [0.2, 0.25) is 5.02 Å². The number of likely N-dealkylation sites (N-methyl/N-ethyl adjacent to an activating group) is 1. The number of hydrogen-bond donors (Lipinski definition) is 0. The number of halogens is 1. The summed E-state index contributed by atoms with van der Waals surface area (Å²) in [4.78, 5) is 33.4. The Bertz CT molecular complexity index is 999. The number of carbonyl (C=O) groups is 2. The van der Waals surface area contributed by atoms with Gasteiger partial charge < -0.3 is 24.3 Å². The van der Waals surface area contributed by atoms with E-state index in [1.165, 1.54) is 0 Å². The summed E-state index contributed by atoms with van der Waals surface area (Å²) in [5, 5.41) is 0.653. The van der Waals surface area contributed by atoms with Crippen molar-refractivity contribution in [1.82, 2.24) is 14.7 Å². The summed E-state index contributed by atoms with van der Waals surface area (Å²) in [5.41, 5.74) is 3.05. The fourth-order valence-corrected chi connectivity index (χ4v) is 4.47. The Balaban J connectivity index is 1.31. The molecular formula is C25H31ClN4O3. The fraction of sp³-hybridized carbons (Fsp3) is 0.440. The number of benzene rings is 2. The van der Waals surface area contributed by atoms with Crippen LogP contribution in [0.5, 0.6) is 5.75 Å². The average Bonchev–Trinajstić information content (AvgIpc) is 2.82. The van der Waals surface area contributed by atoms with Crippen molar-refractivity contribution in [1.29, 1.82) is 0 Å². The molecule has 2 amide bonds. The molecule has 2 aromatic carbocycles. The molecule has 2 fully saturated rings. The van der Waals surface area contributed by atoms with Gasteiger partial charge in [-0.3, -0.25) is 4.79 Å². The Morgan fingerprint density at radius 3 is 2.27 bits per heavy atom. The van der Waals surface area contributed by atoms with E-state index in [2.05, 4.69) is 16.8 Å². The standard InChI is InChI=1S/C25H31ClN4O3/c1-19-5-3-4-6-20(19)17-24(31)29-13-15-30(16-14-29)25(32)33-21-7-8-22(26)23(18-21)28-11-9-27(2)10-12-28/h3-8,18H,9-17H2,1-2H3. The van der Waals surface area contributed by atoms with Gasteiger partial charge in [-0.25, -0.2) is 4.79 Å². The summed E-state index contributed by atoms with van der Waals surface area (Å²) in [6, 6.07) is 13.3. The lowest BCUT2D eigenvalue weighted by Gasteiger charge is -2.35.